The second-order valence-electron chi connectivity index (χ2n) is 5.77. The van der Waals surface area contributed by atoms with Crippen LogP contribution in [0.1, 0.15) is 52.4 Å². The zero-order valence-corrected chi connectivity index (χ0v) is 10.6. The van der Waals surface area contributed by atoms with Crippen LogP contribution < -0.4 is 5.32 Å². The van der Waals surface area contributed by atoms with E-state index in [0.29, 0.717) is 11.6 Å². The maximum absolute atomic E-state index is 3.51. The average Bonchev–Trinajstić information content (AvgIpc) is 2.69. The maximum Gasteiger partial charge on any atom is 0.0309 e. The van der Waals surface area contributed by atoms with E-state index in [1.54, 1.807) is 0 Å². The smallest absolute Gasteiger partial charge is 0.0309 e. The lowest BCUT2D eigenvalue weighted by Crippen LogP contribution is -2.62. The lowest BCUT2D eigenvalue weighted by atomic mass is 9.83. The van der Waals surface area contributed by atoms with Gasteiger partial charge in [-0.2, -0.15) is 0 Å². The van der Waals surface area contributed by atoms with Crippen LogP contribution in [0.25, 0.3) is 0 Å². The molecule has 0 radical (unpaired) electrons. The summed E-state index contributed by atoms with van der Waals surface area (Å²) in [5.41, 5.74) is 0.349. The Bertz CT molecular complexity index is 207. The van der Waals surface area contributed by atoms with E-state index in [9.17, 15) is 0 Å². The number of likely N-dealkylation sites (tertiary alicyclic amines) is 1. The van der Waals surface area contributed by atoms with Gasteiger partial charge in [-0.15, -0.1) is 0 Å². The summed E-state index contributed by atoms with van der Waals surface area (Å²) in [6.45, 7) is 6.16. The Labute approximate surface area is 94.4 Å². The summed E-state index contributed by atoms with van der Waals surface area (Å²) in [4.78, 5) is 2.78. The molecule has 1 saturated carbocycles. The summed E-state index contributed by atoms with van der Waals surface area (Å²) in [6.07, 6.45) is 8.46. The second-order valence-corrected chi connectivity index (χ2v) is 5.77. The summed E-state index contributed by atoms with van der Waals surface area (Å²) in [5.74, 6) is 0. The molecule has 15 heavy (non-hydrogen) atoms. The highest BCUT2D eigenvalue weighted by Crippen LogP contribution is 2.35. The van der Waals surface area contributed by atoms with Gasteiger partial charge in [0.05, 0.1) is 0 Å². The van der Waals surface area contributed by atoms with Gasteiger partial charge >= 0.3 is 0 Å². The van der Waals surface area contributed by atoms with E-state index in [1.807, 2.05) is 0 Å². The van der Waals surface area contributed by atoms with Gasteiger partial charge in [-0.1, -0.05) is 12.8 Å². The first-order chi connectivity index (χ1) is 7.16. The first-order valence-electron chi connectivity index (χ1n) is 6.60. The third-order valence-electron chi connectivity index (χ3n) is 4.60. The van der Waals surface area contributed by atoms with Gasteiger partial charge in [-0.3, -0.25) is 4.90 Å². The quantitative estimate of drug-likeness (QED) is 0.753. The summed E-state index contributed by atoms with van der Waals surface area (Å²) < 4.78 is 0. The van der Waals surface area contributed by atoms with Crippen molar-refractivity contribution >= 4 is 0 Å². The van der Waals surface area contributed by atoms with Crippen molar-refractivity contribution in [1.82, 2.24) is 10.2 Å². The maximum atomic E-state index is 3.51. The predicted molar refractivity (Wildman–Crippen MR) is 65.1 cm³/mol. The molecule has 1 N–H and O–H groups in total. The first kappa shape index (κ1) is 11.4. The summed E-state index contributed by atoms with van der Waals surface area (Å²) in [5, 5.41) is 3.51. The molecule has 1 saturated heterocycles. The third-order valence-corrected chi connectivity index (χ3v) is 4.60. The van der Waals surface area contributed by atoms with Gasteiger partial charge in [-0.25, -0.2) is 0 Å². The molecule has 2 fully saturated rings. The van der Waals surface area contributed by atoms with E-state index in [2.05, 4.69) is 31.1 Å². The SMILES string of the molecule is CNC1CCCN(C2CCCC2)C1(C)C. The number of likely N-dealkylation sites (N-methyl/N-ethyl adjacent to an activating group) is 1. The summed E-state index contributed by atoms with van der Waals surface area (Å²) in [6, 6.07) is 1.54. The lowest BCUT2D eigenvalue weighted by Gasteiger charge is -2.51. The number of piperidine rings is 1. The minimum atomic E-state index is 0.349. The first-order valence-corrected chi connectivity index (χ1v) is 6.60. The van der Waals surface area contributed by atoms with Gasteiger partial charge in [0.25, 0.3) is 0 Å². The topological polar surface area (TPSA) is 15.3 Å². The van der Waals surface area contributed by atoms with Crippen LogP contribution in [-0.4, -0.2) is 36.1 Å². The highest BCUT2D eigenvalue weighted by atomic mass is 15.3. The molecule has 0 aromatic carbocycles. The van der Waals surface area contributed by atoms with Crippen LogP contribution in [-0.2, 0) is 0 Å². The van der Waals surface area contributed by atoms with Crippen LogP contribution in [0.4, 0.5) is 0 Å². The van der Waals surface area contributed by atoms with Gasteiger partial charge in [0.15, 0.2) is 0 Å². The van der Waals surface area contributed by atoms with Crippen LogP contribution in [0, 0.1) is 0 Å². The molecule has 1 aliphatic carbocycles. The zero-order chi connectivity index (χ0) is 10.9. The molecule has 2 rings (SSSR count). The molecule has 2 heteroatoms. The van der Waals surface area contributed by atoms with E-state index in [-0.39, 0.29) is 0 Å². The van der Waals surface area contributed by atoms with Crippen molar-refractivity contribution in [2.24, 2.45) is 0 Å². The molecular formula is C13H26N2. The minimum absolute atomic E-state index is 0.349. The Kier molecular flexibility index (Phi) is 3.36. The number of nitrogens with zero attached hydrogens (tertiary/aromatic N) is 1. The monoisotopic (exact) mass is 210 g/mol. The molecule has 88 valence electrons. The molecule has 1 unspecified atom stereocenters. The van der Waals surface area contributed by atoms with Crippen molar-refractivity contribution in [2.45, 2.75) is 70.0 Å². The minimum Gasteiger partial charge on any atom is -0.315 e. The van der Waals surface area contributed by atoms with Gasteiger partial charge in [-0.05, 0) is 53.1 Å². The molecule has 0 amide bonds. The molecule has 2 nitrogen and oxygen atoms in total. The van der Waals surface area contributed by atoms with E-state index in [4.69, 9.17) is 0 Å². The highest BCUT2D eigenvalue weighted by Gasteiger charge is 2.41. The summed E-state index contributed by atoms with van der Waals surface area (Å²) in [7, 11) is 2.12. The standard InChI is InChI=1S/C13H26N2/c1-13(2)12(14-3)9-6-10-15(13)11-7-4-5-8-11/h11-12,14H,4-10H2,1-3H3. The van der Waals surface area contributed by atoms with E-state index < -0.39 is 0 Å². The molecule has 1 aliphatic heterocycles. The van der Waals surface area contributed by atoms with Gasteiger partial charge < -0.3 is 5.32 Å². The van der Waals surface area contributed by atoms with Crippen molar-refractivity contribution in [2.75, 3.05) is 13.6 Å². The Morgan fingerprint density at radius 1 is 1.07 bits per heavy atom. The molecule has 1 heterocycles. The van der Waals surface area contributed by atoms with Crippen LogP contribution in [0.2, 0.25) is 0 Å². The predicted octanol–water partition coefficient (Wildman–Crippen LogP) is 2.39. The number of hydrogen-bond acceptors (Lipinski definition) is 2. The third kappa shape index (κ3) is 2.07. The normalized spacial score (nSPS) is 33.4. The zero-order valence-electron chi connectivity index (χ0n) is 10.6. The molecule has 0 aromatic rings. The Morgan fingerprint density at radius 3 is 2.33 bits per heavy atom. The molecular weight excluding hydrogens is 184 g/mol. The Hall–Kier alpha value is -0.0800. The Morgan fingerprint density at radius 2 is 1.73 bits per heavy atom. The lowest BCUT2D eigenvalue weighted by molar-refractivity contribution is 0.0102. The van der Waals surface area contributed by atoms with E-state index in [0.717, 1.165) is 6.04 Å². The number of nitrogens with one attached hydrogen (secondary N) is 1. The average molecular weight is 210 g/mol. The molecule has 1 atom stereocenters. The van der Waals surface area contributed by atoms with Gasteiger partial charge in [0, 0.05) is 17.6 Å². The second kappa shape index (κ2) is 4.42. The van der Waals surface area contributed by atoms with Crippen molar-refractivity contribution in [3.63, 3.8) is 0 Å². The van der Waals surface area contributed by atoms with Crippen molar-refractivity contribution in [3.8, 4) is 0 Å². The van der Waals surface area contributed by atoms with Crippen LogP contribution >= 0.6 is 0 Å². The van der Waals surface area contributed by atoms with E-state index in [1.165, 1.54) is 45.1 Å². The van der Waals surface area contributed by atoms with E-state index >= 15 is 0 Å². The molecule has 2 aliphatic rings. The van der Waals surface area contributed by atoms with Crippen LogP contribution in [0.3, 0.4) is 0 Å². The fraction of sp³-hybridized carbons (Fsp3) is 1.00. The fourth-order valence-electron chi connectivity index (χ4n) is 3.67. The summed E-state index contributed by atoms with van der Waals surface area (Å²) >= 11 is 0. The largest absolute Gasteiger partial charge is 0.315 e. The fourth-order valence-corrected chi connectivity index (χ4v) is 3.67. The van der Waals surface area contributed by atoms with Gasteiger partial charge in [0.1, 0.15) is 0 Å². The number of rotatable bonds is 2. The van der Waals surface area contributed by atoms with Crippen molar-refractivity contribution < 1.29 is 0 Å². The Balaban J connectivity index is 2.08. The number of hydrogen-bond donors (Lipinski definition) is 1. The molecule has 0 spiro atoms. The van der Waals surface area contributed by atoms with Crippen molar-refractivity contribution in [3.05, 3.63) is 0 Å². The molecule has 0 aromatic heterocycles. The van der Waals surface area contributed by atoms with Gasteiger partial charge in [0.2, 0.25) is 0 Å². The van der Waals surface area contributed by atoms with Crippen LogP contribution in [0.15, 0.2) is 0 Å². The van der Waals surface area contributed by atoms with Crippen molar-refractivity contribution in [1.29, 1.82) is 0 Å². The van der Waals surface area contributed by atoms with Crippen LogP contribution in [0.5, 0.6) is 0 Å². The molecule has 0 bridgehead atoms. The highest BCUT2D eigenvalue weighted by molar-refractivity contribution is 4.99.